The summed E-state index contributed by atoms with van der Waals surface area (Å²) in [6.45, 7) is 2.32. The van der Waals surface area contributed by atoms with E-state index in [0.717, 1.165) is 25.7 Å². The number of para-hydroxylation sites is 1. The standard InChI is InChI=1S/C14H20N2O3/c1-10-5-4-7-12(14(10)16(18)19)15-9-11-6-2-3-8-13(11)17/h4-5,7,11,13,15,17H,2-3,6,8-9H2,1H3. The average Bonchev–Trinajstić information content (AvgIpc) is 2.37. The molecule has 1 saturated carbocycles. The maximum Gasteiger partial charge on any atom is 0.295 e. The first kappa shape index (κ1) is 13.8. The van der Waals surface area contributed by atoms with E-state index in [1.807, 2.05) is 6.07 Å². The van der Waals surface area contributed by atoms with Crippen LogP contribution in [-0.2, 0) is 0 Å². The van der Waals surface area contributed by atoms with Crippen LogP contribution >= 0.6 is 0 Å². The lowest BCUT2D eigenvalue weighted by Crippen LogP contribution is -2.30. The van der Waals surface area contributed by atoms with Crippen molar-refractivity contribution < 1.29 is 10.0 Å². The van der Waals surface area contributed by atoms with Crippen LogP contribution in [0.5, 0.6) is 0 Å². The zero-order valence-electron chi connectivity index (χ0n) is 11.1. The lowest BCUT2D eigenvalue weighted by atomic mass is 9.86. The van der Waals surface area contributed by atoms with Crippen LogP contribution in [0.15, 0.2) is 18.2 Å². The summed E-state index contributed by atoms with van der Waals surface area (Å²) in [5, 5.41) is 24.1. The summed E-state index contributed by atoms with van der Waals surface area (Å²) in [4.78, 5) is 10.7. The average molecular weight is 264 g/mol. The van der Waals surface area contributed by atoms with Gasteiger partial charge in [-0.3, -0.25) is 10.1 Å². The molecule has 1 fully saturated rings. The first-order chi connectivity index (χ1) is 9.09. The molecule has 2 atom stereocenters. The molecule has 0 aromatic heterocycles. The second-order valence-corrected chi connectivity index (χ2v) is 5.22. The zero-order valence-corrected chi connectivity index (χ0v) is 11.1. The van der Waals surface area contributed by atoms with E-state index < -0.39 is 0 Å². The Bertz CT molecular complexity index is 462. The highest BCUT2D eigenvalue weighted by Crippen LogP contribution is 2.30. The summed E-state index contributed by atoms with van der Waals surface area (Å²) >= 11 is 0. The molecule has 0 aliphatic heterocycles. The lowest BCUT2D eigenvalue weighted by molar-refractivity contribution is -0.384. The van der Waals surface area contributed by atoms with Gasteiger partial charge in [-0.2, -0.15) is 0 Å². The number of aliphatic hydroxyl groups excluding tert-OH is 1. The van der Waals surface area contributed by atoms with Crippen LogP contribution in [0.4, 0.5) is 11.4 Å². The van der Waals surface area contributed by atoms with E-state index in [1.54, 1.807) is 19.1 Å². The third-order valence-electron chi connectivity index (χ3n) is 3.84. The number of nitro benzene ring substituents is 1. The molecular formula is C14H20N2O3. The Morgan fingerprint density at radius 2 is 2.16 bits per heavy atom. The number of nitrogens with one attached hydrogen (secondary N) is 1. The summed E-state index contributed by atoms with van der Waals surface area (Å²) in [5.41, 5.74) is 1.33. The molecule has 2 rings (SSSR count). The smallest absolute Gasteiger partial charge is 0.295 e. The fraction of sp³-hybridized carbons (Fsp3) is 0.571. The van der Waals surface area contributed by atoms with Gasteiger partial charge in [-0.15, -0.1) is 0 Å². The first-order valence-electron chi connectivity index (χ1n) is 6.75. The Labute approximate surface area is 112 Å². The van der Waals surface area contributed by atoms with Crippen molar-refractivity contribution in [2.45, 2.75) is 38.7 Å². The van der Waals surface area contributed by atoms with Gasteiger partial charge in [-0.1, -0.05) is 25.0 Å². The number of hydrogen-bond donors (Lipinski definition) is 2. The molecule has 104 valence electrons. The van der Waals surface area contributed by atoms with Crippen molar-refractivity contribution in [3.8, 4) is 0 Å². The fourth-order valence-electron chi connectivity index (χ4n) is 2.71. The summed E-state index contributed by atoms with van der Waals surface area (Å²) in [6.07, 6.45) is 3.72. The number of rotatable bonds is 4. The minimum Gasteiger partial charge on any atom is -0.393 e. The van der Waals surface area contributed by atoms with Crippen molar-refractivity contribution in [3.63, 3.8) is 0 Å². The van der Waals surface area contributed by atoms with Crippen LogP contribution in [-0.4, -0.2) is 22.7 Å². The van der Waals surface area contributed by atoms with Crippen LogP contribution in [0.1, 0.15) is 31.2 Å². The van der Waals surface area contributed by atoms with E-state index in [0.29, 0.717) is 17.8 Å². The van der Waals surface area contributed by atoms with E-state index in [-0.39, 0.29) is 22.6 Å². The Balaban J connectivity index is 2.07. The Hall–Kier alpha value is -1.62. The molecule has 1 aromatic carbocycles. The van der Waals surface area contributed by atoms with Crippen LogP contribution in [0.3, 0.4) is 0 Å². The van der Waals surface area contributed by atoms with E-state index in [4.69, 9.17) is 0 Å². The maximum absolute atomic E-state index is 11.1. The van der Waals surface area contributed by atoms with Crippen molar-refractivity contribution in [3.05, 3.63) is 33.9 Å². The number of benzene rings is 1. The monoisotopic (exact) mass is 264 g/mol. The van der Waals surface area contributed by atoms with E-state index in [1.165, 1.54) is 0 Å². The summed E-state index contributed by atoms with van der Waals surface area (Å²) in [6, 6.07) is 5.26. The topological polar surface area (TPSA) is 75.4 Å². The van der Waals surface area contributed by atoms with Gasteiger partial charge in [0.2, 0.25) is 0 Å². The predicted molar refractivity (Wildman–Crippen MR) is 74.3 cm³/mol. The molecule has 1 aromatic rings. The third-order valence-corrected chi connectivity index (χ3v) is 3.84. The highest BCUT2D eigenvalue weighted by Gasteiger charge is 2.24. The molecule has 0 heterocycles. The highest BCUT2D eigenvalue weighted by atomic mass is 16.6. The molecule has 5 heteroatoms. The molecule has 19 heavy (non-hydrogen) atoms. The molecule has 2 N–H and O–H groups in total. The van der Waals surface area contributed by atoms with Gasteiger partial charge in [-0.05, 0) is 25.8 Å². The molecule has 1 aliphatic rings. The maximum atomic E-state index is 11.1. The van der Waals surface area contributed by atoms with E-state index >= 15 is 0 Å². The molecular weight excluding hydrogens is 244 g/mol. The van der Waals surface area contributed by atoms with E-state index in [9.17, 15) is 15.2 Å². The first-order valence-corrected chi connectivity index (χ1v) is 6.75. The van der Waals surface area contributed by atoms with E-state index in [2.05, 4.69) is 5.32 Å². The second kappa shape index (κ2) is 6.02. The summed E-state index contributed by atoms with van der Waals surface area (Å²) < 4.78 is 0. The van der Waals surface area contributed by atoms with Crippen molar-refractivity contribution in [2.75, 3.05) is 11.9 Å². The minimum atomic E-state index is -0.352. The van der Waals surface area contributed by atoms with Crippen LogP contribution in [0, 0.1) is 23.0 Å². The lowest BCUT2D eigenvalue weighted by Gasteiger charge is -2.27. The molecule has 0 saturated heterocycles. The number of aryl methyl sites for hydroxylation is 1. The Kier molecular flexibility index (Phi) is 4.37. The Morgan fingerprint density at radius 1 is 1.42 bits per heavy atom. The molecule has 0 amide bonds. The zero-order chi connectivity index (χ0) is 13.8. The van der Waals surface area contributed by atoms with Gasteiger partial charge >= 0.3 is 0 Å². The van der Waals surface area contributed by atoms with Crippen LogP contribution < -0.4 is 5.32 Å². The molecule has 2 unspecified atom stereocenters. The quantitative estimate of drug-likeness (QED) is 0.647. The van der Waals surface area contributed by atoms with Gasteiger partial charge in [0.15, 0.2) is 0 Å². The van der Waals surface area contributed by atoms with Gasteiger partial charge in [0.25, 0.3) is 5.69 Å². The molecule has 0 bridgehead atoms. The van der Waals surface area contributed by atoms with Crippen LogP contribution in [0.25, 0.3) is 0 Å². The SMILES string of the molecule is Cc1cccc(NCC2CCCCC2O)c1[N+](=O)[O-]. The summed E-state index contributed by atoms with van der Waals surface area (Å²) in [5.74, 6) is 0.189. The molecule has 5 nitrogen and oxygen atoms in total. The molecule has 0 spiro atoms. The van der Waals surface area contributed by atoms with Crippen molar-refractivity contribution in [2.24, 2.45) is 5.92 Å². The largest absolute Gasteiger partial charge is 0.393 e. The number of hydrogen-bond acceptors (Lipinski definition) is 4. The van der Waals surface area contributed by atoms with Gasteiger partial charge in [-0.25, -0.2) is 0 Å². The molecule has 1 aliphatic carbocycles. The number of nitrogens with zero attached hydrogens (tertiary/aromatic N) is 1. The Morgan fingerprint density at radius 3 is 2.84 bits per heavy atom. The van der Waals surface area contributed by atoms with Gasteiger partial charge in [0.05, 0.1) is 11.0 Å². The fourth-order valence-corrected chi connectivity index (χ4v) is 2.71. The minimum absolute atomic E-state index is 0.132. The summed E-state index contributed by atoms with van der Waals surface area (Å²) in [7, 11) is 0. The number of aliphatic hydroxyl groups is 1. The number of nitro groups is 1. The van der Waals surface area contributed by atoms with Gasteiger partial charge < -0.3 is 10.4 Å². The van der Waals surface area contributed by atoms with Crippen LogP contribution in [0.2, 0.25) is 0 Å². The second-order valence-electron chi connectivity index (χ2n) is 5.22. The van der Waals surface area contributed by atoms with Crippen molar-refractivity contribution in [1.29, 1.82) is 0 Å². The van der Waals surface area contributed by atoms with Gasteiger partial charge in [0, 0.05) is 18.0 Å². The highest BCUT2D eigenvalue weighted by molar-refractivity contribution is 5.65. The third kappa shape index (κ3) is 3.23. The van der Waals surface area contributed by atoms with Crippen molar-refractivity contribution in [1.82, 2.24) is 0 Å². The normalized spacial score (nSPS) is 23.1. The van der Waals surface area contributed by atoms with Gasteiger partial charge in [0.1, 0.15) is 5.69 Å². The molecule has 0 radical (unpaired) electrons. The predicted octanol–water partition coefficient (Wildman–Crippen LogP) is 2.87. The van der Waals surface area contributed by atoms with Crippen molar-refractivity contribution >= 4 is 11.4 Å². The number of anilines is 1.